The Kier molecular flexibility index (Phi) is 2.87. The van der Waals surface area contributed by atoms with Gasteiger partial charge in [-0.3, -0.25) is 4.79 Å². The Hall–Kier alpha value is -1.49. The fourth-order valence-corrected chi connectivity index (χ4v) is 2.21. The van der Waals surface area contributed by atoms with Gasteiger partial charge in [0.05, 0.1) is 11.5 Å². The van der Waals surface area contributed by atoms with Crippen molar-refractivity contribution in [1.29, 1.82) is 0 Å². The fourth-order valence-electron chi connectivity index (χ4n) is 2.21. The molecule has 0 aliphatic heterocycles. The summed E-state index contributed by atoms with van der Waals surface area (Å²) in [7, 11) is 0. The molecule has 1 fully saturated rings. The molecule has 1 aromatic carbocycles. The van der Waals surface area contributed by atoms with Gasteiger partial charge >= 0.3 is 5.97 Å². The molecule has 0 unspecified atom stereocenters. The first-order valence-electron chi connectivity index (χ1n) is 5.29. The second kappa shape index (κ2) is 4.07. The lowest BCUT2D eigenvalue weighted by Crippen LogP contribution is -2.48. The monoisotopic (exact) mass is 242 g/mol. The van der Waals surface area contributed by atoms with E-state index in [-0.39, 0.29) is 24.8 Å². The van der Waals surface area contributed by atoms with Crippen LogP contribution in [0.25, 0.3) is 0 Å². The second-order valence-corrected chi connectivity index (χ2v) is 4.58. The molecule has 3 nitrogen and oxygen atoms in total. The minimum atomic E-state index is -1.22. The number of benzene rings is 1. The summed E-state index contributed by atoms with van der Waals surface area (Å²) >= 11 is 0. The van der Waals surface area contributed by atoms with Gasteiger partial charge in [0.2, 0.25) is 0 Å². The van der Waals surface area contributed by atoms with Gasteiger partial charge in [-0.2, -0.15) is 0 Å². The van der Waals surface area contributed by atoms with Gasteiger partial charge in [0.1, 0.15) is 11.6 Å². The largest absolute Gasteiger partial charge is 0.481 e. The molecule has 2 N–H and O–H groups in total. The van der Waals surface area contributed by atoms with E-state index in [9.17, 15) is 18.7 Å². The van der Waals surface area contributed by atoms with Crippen molar-refractivity contribution < 1.29 is 23.8 Å². The molecular formula is C12H12F2O3. The van der Waals surface area contributed by atoms with E-state index in [0.717, 1.165) is 18.2 Å². The molecule has 1 aliphatic rings. The maximum Gasteiger partial charge on any atom is 0.306 e. The van der Waals surface area contributed by atoms with Crippen LogP contribution in [0.3, 0.4) is 0 Å². The van der Waals surface area contributed by atoms with Gasteiger partial charge in [-0.1, -0.05) is 0 Å². The zero-order valence-electron chi connectivity index (χ0n) is 8.99. The number of hydrogen-bond donors (Lipinski definition) is 2. The molecule has 1 aromatic rings. The number of aliphatic hydroxyl groups is 1. The average molecular weight is 242 g/mol. The Morgan fingerprint density at radius 3 is 2.65 bits per heavy atom. The Balaban J connectivity index is 2.07. The van der Waals surface area contributed by atoms with Gasteiger partial charge in [0, 0.05) is 6.42 Å². The molecule has 0 amide bonds. The van der Waals surface area contributed by atoms with Crippen molar-refractivity contribution in [3.63, 3.8) is 0 Å². The quantitative estimate of drug-likeness (QED) is 0.848. The van der Waals surface area contributed by atoms with Crippen molar-refractivity contribution in [3.8, 4) is 0 Å². The Morgan fingerprint density at radius 2 is 2.06 bits per heavy atom. The van der Waals surface area contributed by atoms with Crippen LogP contribution >= 0.6 is 0 Å². The highest BCUT2D eigenvalue weighted by atomic mass is 19.1. The lowest BCUT2D eigenvalue weighted by Gasteiger charge is -2.41. The van der Waals surface area contributed by atoms with Crippen molar-refractivity contribution in [2.75, 3.05) is 0 Å². The van der Waals surface area contributed by atoms with Crippen LogP contribution in [0.5, 0.6) is 0 Å². The summed E-state index contributed by atoms with van der Waals surface area (Å²) < 4.78 is 26.2. The van der Waals surface area contributed by atoms with Crippen LogP contribution in [0.2, 0.25) is 0 Å². The molecule has 17 heavy (non-hydrogen) atoms. The molecule has 0 spiro atoms. The van der Waals surface area contributed by atoms with Crippen molar-refractivity contribution in [2.45, 2.75) is 24.9 Å². The molecule has 0 bridgehead atoms. The summed E-state index contributed by atoms with van der Waals surface area (Å²) in [6.45, 7) is 0. The van der Waals surface area contributed by atoms with Crippen molar-refractivity contribution in [3.05, 3.63) is 35.4 Å². The van der Waals surface area contributed by atoms with Gasteiger partial charge in [-0.25, -0.2) is 8.78 Å². The highest BCUT2D eigenvalue weighted by molar-refractivity contribution is 5.71. The number of carboxylic acids is 1. The van der Waals surface area contributed by atoms with E-state index in [1.807, 2.05) is 0 Å². The zero-order valence-corrected chi connectivity index (χ0v) is 8.99. The zero-order chi connectivity index (χ0) is 12.6. The van der Waals surface area contributed by atoms with Crippen LogP contribution in [0, 0.1) is 17.6 Å². The third-order valence-electron chi connectivity index (χ3n) is 3.13. The summed E-state index contributed by atoms with van der Waals surface area (Å²) in [5.41, 5.74) is -1.14. The number of aliphatic carboxylic acids is 1. The van der Waals surface area contributed by atoms with E-state index in [1.165, 1.54) is 0 Å². The van der Waals surface area contributed by atoms with Gasteiger partial charge < -0.3 is 10.2 Å². The molecule has 0 radical (unpaired) electrons. The average Bonchev–Trinajstić information content (AvgIpc) is 2.19. The van der Waals surface area contributed by atoms with E-state index in [0.29, 0.717) is 0 Å². The van der Waals surface area contributed by atoms with Crippen molar-refractivity contribution in [1.82, 2.24) is 0 Å². The van der Waals surface area contributed by atoms with E-state index >= 15 is 0 Å². The first kappa shape index (κ1) is 12.0. The van der Waals surface area contributed by atoms with Gasteiger partial charge in [0.25, 0.3) is 0 Å². The van der Waals surface area contributed by atoms with Crippen LogP contribution in [0.1, 0.15) is 18.4 Å². The minimum absolute atomic E-state index is 0.0552. The summed E-state index contributed by atoms with van der Waals surface area (Å²) in [6, 6.07) is 3.03. The Morgan fingerprint density at radius 1 is 1.41 bits per heavy atom. The van der Waals surface area contributed by atoms with Crippen LogP contribution in [0.15, 0.2) is 18.2 Å². The molecule has 92 valence electrons. The molecule has 1 aliphatic carbocycles. The molecule has 1 saturated carbocycles. The summed E-state index contributed by atoms with van der Waals surface area (Å²) in [5.74, 6) is -2.70. The number of rotatable bonds is 3. The summed E-state index contributed by atoms with van der Waals surface area (Å²) in [5, 5.41) is 18.6. The predicted molar refractivity (Wildman–Crippen MR) is 55.4 cm³/mol. The number of carboxylic acid groups (broad SMARTS) is 1. The first-order chi connectivity index (χ1) is 7.89. The van der Waals surface area contributed by atoms with E-state index in [1.54, 1.807) is 0 Å². The van der Waals surface area contributed by atoms with Gasteiger partial charge in [-0.15, -0.1) is 0 Å². The number of halogens is 2. The molecule has 0 heterocycles. The molecule has 0 saturated heterocycles. The normalized spacial score (nSPS) is 27.6. The minimum Gasteiger partial charge on any atom is -0.481 e. The van der Waals surface area contributed by atoms with Crippen LogP contribution in [-0.2, 0) is 11.2 Å². The molecule has 5 heteroatoms. The third-order valence-corrected chi connectivity index (χ3v) is 3.13. The number of carbonyl (C=O) groups is 1. The topological polar surface area (TPSA) is 57.5 Å². The van der Waals surface area contributed by atoms with Crippen molar-refractivity contribution >= 4 is 5.97 Å². The molecule has 0 aromatic heterocycles. The van der Waals surface area contributed by atoms with E-state index < -0.39 is 29.1 Å². The first-order valence-corrected chi connectivity index (χ1v) is 5.29. The van der Waals surface area contributed by atoms with Crippen LogP contribution in [0.4, 0.5) is 8.78 Å². The Bertz CT molecular complexity index is 453. The highest BCUT2D eigenvalue weighted by Crippen LogP contribution is 2.40. The smallest absolute Gasteiger partial charge is 0.306 e. The standard InChI is InChI=1S/C12H12F2O3/c13-9-1-2-10(14)7(3-9)4-12(17)5-8(6-12)11(15)16/h1-3,8,17H,4-6H2,(H,15,16). The summed E-state index contributed by atoms with van der Waals surface area (Å²) in [4.78, 5) is 10.6. The predicted octanol–water partition coefficient (Wildman–Crippen LogP) is 1.73. The molecular weight excluding hydrogens is 230 g/mol. The van der Waals surface area contributed by atoms with E-state index in [4.69, 9.17) is 5.11 Å². The van der Waals surface area contributed by atoms with E-state index in [2.05, 4.69) is 0 Å². The molecule has 0 atom stereocenters. The van der Waals surface area contributed by atoms with Crippen LogP contribution in [-0.4, -0.2) is 21.8 Å². The van der Waals surface area contributed by atoms with Crippen molar-refractivity contribution in [2.24, 2.45) is 5.92 Å². The molecule has 2 rings (SSSR count). The van der Waals surface area contributed by atoms with Crippen LogP contribution < -0.4 is 0 Å². The number of hydrogen-bond acceptors (Lipinski definition) is 2. The maximum absolute atomic E-state index is 13.3. The summed E-state index contributed by atoms with van der Waals surface area (Å²) in [6.07, 6.45) is 0.108. The lowest BCUT2D eigenvalue weighted by atomic mass is 9.68. The van der Waals surface area contributed by atoms with Gasteiger partial charge in [0.15, 0.2) is 0 Å². The highest BCUT2D eigenvalue weighted by Gasteiger charge is 2.46. The maximum atomic E-state index is 13.3. The Labute approximate surface area is 96.7 Å². The van der Waals surface area contributed by atoms with Gasteiger partial charge in [-0.05, 0) is 36.6 Å². The second-order valence-electron chi connectivity index (χ2n) is 4.58. The third kappa shape index (κ3) is 2.44. The SMILES string of the molecule is O=C(O)C1CC(O)(Cc2cc(F)ccc2F)C1. The fraction of sp³-hybridized carbons (Fsp3) is 0.417. The lowest BCUT2D eigenvalue weighted by molar-refractivity contribution is -0.158.